The van der Waals surface area contributed by atoms with Crippen LogP contribution in [0.3, 0.4) is 0 Å². The molecule has 2 heterocycles. The lowest BCUT2D eigenvalue weighted by Crippen LogP contribution is -1.99. The quantitative estimate of drug-likeness (QED) is 0.160. The van der Waals surface area contributed by atoms with Gasteiger partial charge in [-0.15, -0.1) is 0 Å². The second-order valence-corrected chi connectivity index (χ2v) is 18.8. The number of aromatic nitrogens is 2. The molecule has 0 unspecified atom stereocenters. The highest BCUT2D eigenvalue weighted by atomic mass is 15.0. The largest absolute Gasteiger partial charge is 0.309 e. The van der Waals surface area contributed by atoms with Crippen molar-refractivity contribution in [3.63, 3.8) is 0 Å². The van der Waals surface area contributed by atoms with Gasteiger partial charge in [0, 0.05) is 44.0 Å². The zero-order valence-corrected chi connectivity index (χ0v) is 39.4. The summed E-state index contributed by atoms with van der Waals surface area (Å²) in [6, 6.07) is 78.5. The Morgan fingerprint density at radius 1 is 0.286 bits per heavy atom. The summed E-state index contributed by atoms with van der Waals surface area (Å²) in [5, 5.41) is 26.5. The predicted octanol–water partition coefficient (Wildman–Crippen LogP) is 17.2. The third kappa shape index (κ3) is 7.23. The number of hydrogen-bond donors (Lipinski definition) is 0. The maximum atomic E-state index is 11.0. The van der Waals surface area contributed by atoms with Gasteiger partial charge < -0.3 is 9.13 Å². The first-order valence-corrected chi connectivity index (χ1v) is 23.8. The van der Waals surface area contributed by atoms with Crippen LogP contribution in [-0.2, 0) is 0 Å². The first-order valence-electron chi connectivity index (χ1n) is 23.8. The molecule has 0 N–H and O–H groups in total. The summed E-state index contributed by atoms with van der Waals surface area (Å²) in [6.45, 7) is 8.49. The lowest BCUT2D eigenvalue weighted by molar-refractivity contribution is 1.17. The highest BCUT2D eigenvalue weighted by Crippen LogP contribution is 2.41. The van der Waals surface area contributed by atoms with Crippen LogP contribution in [0.15, 0.2) is 206 Å². The summed E-state index contributed by atoms with van der Waals surface area (Å²) in [4.78, 5) is 0. The fourth-order valence-electron chi connectivity index (χ4n) is 10.6. The lowest BCUT2D eigenvalue weighted by atomic mass is 9.95. The minimum absolute atomic E-state index is 0.490. The van der Waals surface area contributed by atoms with Gasteiger partial charge >= 0.3 is 0 Å². The Kier molecular flexibility index (Phi) is 10.1. The molecule has 12 rings (SSSR count). The van der Waals surface area contributed by atoms with Crippen LogP contribution in [0.1, 0.15) is 33.4 Å². The maximum Gasteiger partial charge on any atom is 0.0998 e. The van der Waals surface area contributed by atoms with Gasteiger partial charge in [-0.2, -0.15) is 10.5 Å². The smallest absolute Gasteiger partial charge is 0.0998 e. The average molecular weight is 895 g/mol. The van der Waals surface area contributed by atoms with E-state index in [1.54, 1.807) is 0 Å². The number of aryl methyl sites for hydroxylation is 4. The van der Waals surface area contributed by atoms with Crippen molar-refractivity contribution < 1.29 is 0 Å². The van der Waals surface area contributed by atoms with E-state index in [9.17, 15) is 10.5 Å². The van der Waals surface area contributed by atoms with Crippen molar-refractivity contribution in [3.05, 3.63) is 240 Å². The first kappa shape index (κ1) is 42.2. The van der Waals surface area contributed by atoms with Gasteiger partial charge in [0.05, 0.1) is 45.3 Å². The molecule has 0 spiro atoms. The second-order valence-electron chi connectivity index (χ2n) is 18.8. The molecule has 0 aliphatic rings. The van der Waals surface area contributed by atoms with Crippen LogP contribution in [-0.4, -0.2) is 9.13 Å². The summed E-state index contributed by atoms with van der Waals surface area (Å²) < 4.78 is 4.58. The lowest BCUT2D eigenvalue weighted by Gasteiger charge is -2.15. The molecule has 10 aromatic carbocycles. The molecule has 4 nitrogen and oxygen atoms in total. The highest BCUT2D eigenvalue weighted by molar-refractivity contribution is 6.12. The third-order valence-corrected chi connectivity index (χ3v) is 14.0. The Labute approximate surface area is 407 Å². The van der Waals surface area contributed by atoms with E-state index in [-0.39, 0.29) is 0 Å². The minimum atomic E-state index is 0.490. The molecule has 0 fully saturated rings. The van der Waals surface area contributed by atoms with Gasteiger partial charge in [-0.1, -0.05) is 180 Å². The van der Waals surface area contributed by atoms with E-state index < -0.39 is 0 Å². The first-order chi connectivity index (χ1) is 34.2. The summed E-state index contributed by atoms with van der Waals surface area (Å²) >= 11 is 0. The molecule has 12 aromatic rings. The van der Waals surface area contributed by atoms with E-state index in [4.69, 9.17) is 0 Å². The summed E-state index contributed by atoms with van der Waals surface area (Å²) in [6.07, 6.45) is 0. The van der Waals surface area contributed by atoms with Gasteiger partial charge in [0.25, 0.3) is 0 Å². The van der Waals surface area contributed by atoms with E-state index in [0.717, 1.165) is 99.5 Å². The Bertz CT molecular complexity index is 3720. The molecule has 0 saturated carbocycles. The van der Waals surface area contributed by atoms with Crippen LogP contribution in [0.4, 0.5) is 0 Å². The fourth-order valence-corrected chi connectivity index (χ4v) is 10.6. The number of nitriles is 2. The molecule has 330 valence electrons. The van der Waals surface area contributed by atoms with Crippen molar-refractivity contribution in [2.24, 2.45) is 0 Å². The zero-order valence-electron chi connectivity index (χ0n) is 39.4. The molecule has 0 aliphatic heterocycles. The van der Waals surface area contributed by atoms with Crippen LogP contribution >= 0.6 is 0 Å². The number of fused-ring (bicyclic) bond motifs is 6. The van der Waals surface area contributed by atoms with Crippen molar-refractivity contribution >= 4 is 43.6 Å². The predicted molar refractivity (Wildman–Crippen MR) is 291 cm³/mol. The zero-order chi connectivity index (χ0) is 47.6. The normalized spacial score (nSPS) is 11.4. The minimum Gasteiger partial charge on any atom is -0.309 e. The molecule has 0 bridgehead atoms. The van der Waals surface area contributed by atoms with Crippen molar-refractivity contribution in [2.45, 2.75) is 27.7 Å². The molecular formula is C66H46N4. The van der Waals surface area contributed by atoms with Gasteiger partial charge in [-0.25, -0.2) is 0 Å². The standard InChI is InChI=1S/C66H46N4/c1-41-9-5-13-45(29-41)49-17-23-59-60-24-18-50(46-14-6-10-42(2)30-46)36-64(60)69(63(59)35-49)55-21-27-57(53(33-55)39-67)58-28-22-56(34-54(58)40-68)70-65-37-51(47-15-7-11-43(3)31-47)19-25-61(65)62-26-20-52(38-66(62)70)48-16-8-12-44(4)32-48/h5-38H,1-4H3. The molecule has 2 aromatic heterocycles. The van der Waals surface area contributed by atoms with Gasteiger partial charge in [-0.05, 0) is 121 Å². The fraction of sp³-hybridized carbons (Fsp3) is 0.0606. The van der Waals surface area contributed by atoms with Gasteiger partial charge in [0.1, 0.15) is 0 Å². The summed E-state index contributed by atoms with van der Waals surface area (Å²) in [5.41, 5.74) is 22.3. The van der Waals surface area contributed by atoms with Crippen molar-refractivity contribution in [1.82, 2.24) is 9.13 Å². The van der Waals surface area contributed by atoms with Crippen LogP contribution in [0.2, 0.25) is 0 Å². The van der Waals surface area contributed by atoms with E-state index in [1.807, 2.05) is 24.3 Å². The molecule has 0 saturated heterocycles. The molecular weight excluding hydrogens is 849 g/mol. The number of hydrogen-bond acceptors (Lipinski definition) is 2. The molecule has 0 amide bonds. The van der Waals surface area contributed by atoms with Crippen LogP contribution in [0, 0.1) is 50.4 Å². The van der Waals surface area contributed by atoms with Crippen molar-refractivity contribution in [1.29, 1.82) is 10.5 Å². The third-order valence-electron chi connectivity index (χ3n) is 14.0. The summed E-state index contributed by atoms with van der Waals surface area (Å²) in [7, 11) is 0. The maximum absolute atomic E-state index is 11.0. The second kappa shape index (κ2) is 16.8. The number of nitrogens with zero attached hydrogens (tertiary/aromatic N) is 4. The van der Waals surface area contributed by atoms with E-state index in [1.165, 1.54) is 22.3 Å². The van der Waals surface area contributed by atoms with Crippen molar-refractivity contribution in [3.8, 4) is 79.1 Å². The van der Waals surface area contributed by atoms with Gasteiger partial charge in [0.2, 0.25) is 0 Å². The molecule has 0 aliphatic carbocycles. The molecule has 0 radical (unpaired) electrons. The summed E-state index contributed by atoms with van der Waals surface area (Å²) in [5.74, 6) is 0. The molecule has 4 heteroatoms. The van der Waals surface area contributed by atoms with Crippen LogP contribution in [0.5, 0.6) is 0 Å². The molecule has 70 heavy (non-hydrogen) atoms. The Hall–Kier alpha value is -9.22. The van der Waals surface area contributed by atoms with Gasteiger partial charge in [-0.3, -0.25) is 0 Å². The molecule has 0 atom stereocenters. The van der Waals surface area contributed by atoms with E-state index in [2.05, 4.69) is 231 Å². The number of benzene rings is 10. The van der Waals surface area contributed by atoms with Gasteiger partial charge in [0.15, 0.2) is 0 Å². The highest BCUT2D eigenvalue weighted by Gasteiger charge is 2.20. The van der Waals surface area contributed by atoms with E-state index in [0.29, 0.717) is 22.3 Å². The average Bonchev–Trinajstić information content (AvgIpc) is 3.89. The SMILES string of the molecule is Cc1cccc(-c2ccc3c4ccc(-c5cccc(C)c5)cc4n(-c4ccc(-c5ccc(-n6c7cc(-c8cccc(C)c8)ccc7c7ccc(-c8cccc(C)c8)cc76)cc5C#N)c(C#N)c4)c3c2)c1. The Morgan fingerprint density at radius 3 is 0.814 bits per heavy atom. The Morgan fingerprint density at radius 2 is 0.557 bits per heavy atom. The van der Waals surface area contributed by atoms with E-state index >= 15 is 0 Å². The topological polar surface area (TPSA) is 57.4 Å². The Balaban J connectivity index is 1.02. The van der Waals surface area contributed by atoms with Crippen molar-refractivity contribution in [2.75, 3.05) is 0 Å². The van der Waals surface area contributed by atoms with Crippen LogP contribution < -0.4 is 0 Å². The van der Waals surface area contributed by atoms with Crippen LogP contribution in [0.25, 0.3) is 111 Å². The number of rotatable bonds is 7. The monoisotopic (exact) mass is 894 g/mol.